The summed E-state index contributed by atoms with van der Waals surface area (Å²) >= 11 is 0. The van der Waals surface area contributed by atoms with Crippen molar-refractivity contribution in [2.45, 2.75) is 6.92 Å². The average molecular weight is 188 g/mol. The lowest BCUT2D eigenvalue weighted by Gasteiger charge is -2.01. The van der Waals surface area contributed by atoms with Gasteiger partial charge in [-0.3, -0.25) is 0 Å². The van der Waals surface area contributed by atoms with Crippen LogP contribution in [0.2, 0.25) is 0 Å². The second kappa shape index (κ2) is 2.57. The highest BCUT2D eigenvalue weighted by atomic mass is 16.7. The number of hydrogen-bond donors (Lipinski definition) is 0. The molecule has 1 aromatic carbocycles. The van der Waals surface area contributed by atoms with Gasteiger partial charge in [0.1, 0.15) is 0 Å². The molecule has 0 aliphatic carbocycles. The maximum Gasteiger partial charge on any atom is 0.231 e. The van der Waals surface area contributed by atoms with Crippen LogP contribution in [0.5, 0.6) is 11.5 Å². The molecule has 4 heteroatoms. The molecule has 70 valence electrons. The van der Waals surface area contributed by atoms with Crippen molar-refractivity contribution in [1.82, 2.24) is 10.2 Å². The Labute approximate surface area is 80.5 Å². The standard InChI is InChI=1S/C10H8N2O2/c1-6-8-3-10-9(13-5-14-10)2-7(8)4-11-12-6/h2-4H,5H2,1H3. The predicted molar refractivity (Wildman–Crippen MR) is 50.4 cm³/mol. The first-order valence-electron chi connectivity index (χ1n) is 4.36. The summed E-state index contributed by atoms with van der Waals surface area (Å²) in [6.45, 7) is 2.23. The number of aromatic nitrogens is 2. The summed E-state index contributed by atoms with van der Waals surface area (Å²) in [6, 6.07) is 3.88. The van der Waals surface area contributed by atoms with E-state index in [-0.39, 0.29) is 0 Å². The highest BCUT2D eigenvalue weighted by molar-refractivity contribution is 5.87. The molecule has 0 atom stereocenters. The molecule has 1 aromatic heterocycles. The van der Waals surface area contributed by atoms with Crippen molar-refractivity contribution >= 4 is 10.8 Å². The van der Waals surface area contributed by atoms with Crippen molar-refractivity contribution in [1.29, 1.82) is 0 Å². The molecule has 1 aliphatic heterocycles. The van der Waals surface area contributed by atoms with Crippen molar-refractivity contribution in [3.63, 3.8) is 0 Å². The van der Waals surface area contributed by atoms with Crippen molar-refractivity contribution in [3.8, 4) is 11.5 Å². The van der Waals surface area contributed by atoms with Gasteiger partial charge in [0, 0.05) is 10.8 Å². The smallest absolute Gasteiger partial charge is 0.231 e. The quantitative estimate of drug-likeness (QED) is 0.630. The molecule has 0 saturated carbocycles. The number of rotatable bonds is 0. The third-order valence-electron chi connectivity index (χ3n) is 2.34. The number of aryl methyl sites for hydroxylation is 1. The van der Waals surface area contributed by atoms with Crippen LogP contribution in [0.25, 0.3) is 10.8 Å². The molecule has 0 spiro atoms. The van der Waals surface area contributed by atoms with Gasteiger partial charge in [0.05, 0.1) is 11.9 Å². The maximum atomic E-state index is 5.29. The summed E-state index contributed by atoms with van der Waals surface area (Å²) in [7, 11) is 0. The van der Waals surface area contributed by atoms with Gasteiger partial charge in [-0.2, -0.15) is 10.2 Å². The van der Waals surface area contributed by atoms with Crippen molar-refractivity contribution in [2.24, 2.45) is 0 Å². The number of fused-ring (bicyclic) bond motifs is 2. The van der Waals surface area contributed by atoms with E-state index in [0.717, 1.165) is 28.0 Å². The first-order chi connectivity index (χ1) is 6.84. The summed E-state index contributed by atoms with van der Waals surface area (Å²) < 4.78 is 10.6. The second-order valence-electron chi connectivity index (χ2n) is 3.22. The lowest BCUT2D eigenvalue weighted by atomic mass is 10.1. The topological polar surface area (TPSA) is 44.2 Å². The van der Waals surface area contributed by atoms with Gasteiger partial charge in [0.15, 0.2) is 11.5 Å². The molecule has 2 heterocycles. The number of ether oxygens (including phenoxy) is 2. The summed E-state index contributed by atoms with van der Waals surface area (Å²) in [5.74, 6) is 1.57. The minimum Gasteiger partial charge on any atom is -0.454 e. The second-order valence-corrected chi connectivity index (χ2v) is 3.22. The van der Waals surface area contributed by atoms with E-state index >= 15 is 0 Å². The molecule has 0 bridgehead atoms. The number of hydrogen-bond acceptors (Lipinski definition) is 4. The Bertz CT molecular complexity index is 511. The van der Waals surface area contributed by atoms with Gasteiger partial charge in [-0.05, 0) is 19.1 Å². The molecule has 3 rings (SSSR count). The van der Waals surface area contributed by atoms with Gasteiger partial charge < -0.3 is 9.47 Å². The molecule has 2 aromatic rings. The minimum atomic E-state index is 0.297. The van der Waals surface area contributed by atoms with Crippen LogP contribution in [0.4, 0.5) is 0 Å². The third kappa shape index (κ3) is 0.937. The fraction of sp³-hybridized carbons (Fsp3) is 0.200. The summed E-state index contributed by atoms with van der Waals surface area (Å²) in [5, 5.41) is 9.97. The van der Waals surface area contributed by atoms with E-state index in [1.807, 2.05) is 19.1 Å². The van der Waals surface area contributed by atoms with Crippen molar-refractivity contribution < 1.29 is 9.47 Å². The van der Waals surface area contributed by atoms with E-state index in [1.54, 1.807) is 6.20 Å². The Morgan fingerprint density at radius 3 is 2.86 bits per heavy atom. The lowest BCUT2D eigenvalue weighted by Crippen LogP contribution is -1.92. The molecule has 4 nitrogen and oxygen atoms in total. The average Bonchev–Trinajstić information content (AvgIpc) is 2.62. The van der Waals surface area contributed by atoms with Gasteiger partial charge in [-0.15, -0.1) is 0 Å². The zero-order valence-corrected chi connectivity index (χ0v) is 7.65. The normalized spacial score (nSPS) is 13.5. The fourth-order valence-electron chi connectivity index (χ4n) is 1.61. The first-order valence-corrected chi connectivity index (χ1v) is 4.36. The van der Waals surface area contributed by atoms with E-state index in [9.17, 15) is 0 Å². The fourth-order valence-corrected chi connectivity index (χ4v) is 1.61. The van der Waals surface area contributed by atoms with Crippen LogP contribution in [0.1, 0.15) is 5.69 Å². The summed E-state index contributed by atoms with van der Waals surface area (Å²) in [6.07, 6.45) is 1.73. The van der Waals surface area contributed by atoms with Crippen LogP contribution in [-0.4, -0.2) is 17.0 Å². The zero-order valence-electron chi connectivity index (χ0n) is 7.65. The van der Waals surface area contributed by atoms with Crippen LogP contribution in [0, 0.1) is 6.92 Å². The van der Waals surface area contributed by atoms with Gasteiger partial charge in [-0.25, -0.2) is 0 Å². The van der Waals surface area contributed by atoms with E-state index in [0.29, 0.717) is 6.79 Å². The third-order valence-corrected chi connectivity index (χ3v) is 2.34. The van der Waals surface area contributed by atoms with E-state index in [2.05, 4.69) is 10.2 Å². The molecule has 0 amide bonds. The Morgan fingerprint density at radius 1 is 1.21 bits per heavy atom. The lowest BCUT2D eigenvalue weighted by molar-refractivity contribution is 0.174. The number of nitrogens with zero attached hydrogens (tertiary/aromatic N) is 2. The summed E-state index contributed by atoms with van der Waals surface area (Å²) in [5.41, 5.74) is 0.904. The Morgan fingerprint density at radius 2 is 2.00 bits per heavy atom. The molecule has 0 fully saturated rings. The van der Waals surface area contributed by atoms with Crippen molar-refractivity contribution in [2.75, 3.05) is 6.79 Å². The molecule has 0 unspecified atom stereocenters. The van der Waals surface area contributed by atoms with Crippen LogP contribution in [0.15, 0.2) is 18.3 Å². The van der Waals surface area contributed by atoms with Gasteiger partial charge >= 0.3 is 0 Å². The zero-order chi connectivity index (χ0) is 9.54. The van der Waals surface area contributed by atoms with Crippen LogP contribution in [-0.2, 0) is 0 Å². The largest absolute Gasteiger partial charge is 0.454 e. The summed E-state index contributed by atoms with van der Waals surface area (Å²) in [4.78, 5) is 0. The molecule has 1 aliphatic rings. The maximum absolute atomic E-state index is 5.29. The number of benzene rings is 1. The van der Waals surface area contributed by atoms with Gasteiger partial charge in [-0.1, -0.05) is 0 Å². The molecular formula is C10H8N2O2. The van der Waals surface area contributed by atoms with E-state index in [4.69, 9.17) is 9.47 Å². The van der Waals surface area contributed by atoms with Crippen LogP contribution >= 0.6 is 0 Å². The van der Waals surface area contributed by atoms with Crippen LogP contribution < -0.4 is 9.47 Å². The molecule has 0 N–H and O–H groups in total. The SMILES string of the molecule is Cc1nncc2cc3c(cc12)OCO3. The highest BCUT2D eigenvalue weighted by Gasteiger charge is 2.14. The predicted octanol–water partition coefficient (Wildman–Crippen LogP) is 1.67. The first kappa shape index (κ1) is 7.55. The Balaban J connectivity index is 2.39. The molecule has 0 radical (unpaired) electrons. The van der Waals surface area contributed by atoms with E-state index < -0.39 is 0 Å². The van der Waals surface area contributed by atoms with Gasteiger partial charge in [0.2, 0.25) is 6.79 Å². The Kier molecular flexibility index (Phi) is 1.39. The molecule has 14 heavy (non-hydrogen) atoms. The minimum absolute atomic E-state index is 0.297. The molecule has 0 saturated heterocycles. The van der Waals surface area contributed by atoms with Crippen LogP contribution in [0.3, 0.4) is 0 Å². The van der Waals surface area contributed by atoms with Crippen molar-refractivity contribution in [3.05, 3.63) is 24.0 Å². The van der Waals surface area contributed by atoms with Gasteiger partial charge in [0.25, 0.3) is 0 Å². The Hall–Kier alpha value is -1.84. The molecular weight excluding hydrogens is 180 g/mol. The monoisotopic (exact) mass is 188 g/mol. The highest BCUT2D eigenvalue weighted by Crippen LogP contribution is 2.36. The van der Waals surface area contributed by atoms with E-state index in [1.165, 1.54) is 0 Å².